The van der Waals surface area contributed by atoms with Gasteiger partial charge < -0.3 is 19.7 Å². The summed E-state index contributed by atoms with van der Waals surface area (Å²) in [5, 5.41) is 3.21. The first kappa shape index (κ1) is 15.6. The summed E-state index contributed by atoms with van der Waals surface area (Å²) in [5.74, 6) is 0.778. The quantitative estimate of drug-likeness (QED) is 0.859. The van der Waals surface area contributed by atoms with Gasteiger partial charge in [-0.2, -0.15) is 0 Å². The third kappa shape index (κ3) is 4.35. The number of rotatable bonds is 4. The Balaban J connectivity index is 1.78. The van der Waals surface area contributed by atoms with Gasteiger partial charge in [0.25, 0.3) is 0 Å². The second-order valence-corrected chi connectivity index (χ2v) is 5.98. The van der Waals surface area contributed by atoms with E-state index in [0.29, 0.717) is 32.3 Å². The Kier molecular flexibility index (Phi) is 6.10. The molecule has 0 aromatic carbocycles. The van der Waals surface area contributed by atoms with Crippen LogP contribution in [0.25, 0.3) is 0 Å². The highest BCUT2D eigenvalue weighted by Gasteiger charge is 2.27. The van der Waals surface area contributed by atoms with E-state index in [4.69, 9.17) is 9.47 Å². The Labute approximate surface area is 122 Å². The lowest BCUT2D eigenvalue weighted by Crippen LogP contribution is -2.53. The van der Waals surface area contributed by atoms with E-state index >= 15 is 0 Å². The second-order valence-electron chi connectivity index (χ2n) is 5.98. The highest BCUT2D eigenvalue weighted by molar-refractivity contribution is 5.74. The molecule has 0 spiro atoms. The maximum absolute atomic E-state index is 12.3. The fraction of sp³-hybridized carbons (Fsp3) is 0.933. The van der Waals surface area contributed by atoms with Crippen LogP contribution in [0.1, 0.15) is 39.0 Å². The number of ether oxygens (including phenoxy) is 2. The van der Waals surface area contributed by atoms with Crippen molar-refractivity contribution in [2.24, 2.45) is 5.92 Å². The predicted octanol–water partition coefficient (Wildman–Crippen LogP) is 2.01. The molecular formula is C15H28N2O3. The van der Waals surface area contributed by atoms with Gasteiger partial charge in [-0.15, -0.1) is 0 Å². The number of methoxy groups -OCH3 is 1. The first-order valence-electron chi connectivity index (χ1n) is 7.89. The number of nitrogens with zero attached hydrogens (tertiary/aromatic N) is 1. The van der Waals surface area contributed by atoms with Gasteiger partial charge in [-0.3, -0.25) is 0 Å². The molecule has 5 nitrogen and oxygen atoms in total. The van der Waals surface area contributed by atoms with Crippen LogP contribution in [0.4, 0.5) is 4.79 Å². The average molecular weight is 284 g/mol. The zero-order valence-electron chi connectivity index (χ0n) is 12.8. The molecule has 116 valence electrons. The van der Waals surface area contributed by atoms with E-state index in [1.54, 1.807) is 7.11 Å². The molecule has 1 saturated heterocycles. The third-order valence-electron chi connectivity index (χ3n) is 4.47. The third-order valence-corrected chi connectivity index (χ3v) is 4.47. The maximum atomic E-state index is 12.3. The predicted molar refractivity (Wildman–Crippen MR) is 77.8 cm³/mol. The molecule has 0 aromatic heterocycles. The van der Waals surface area contributed by atoms with Gasteiger partial charge in [-0.1, -0.05) is 26.2 Å². The number of morpholine rings is 1. The van der Waals surface area contributed by atoms with Crippen LogP contribution in [0.5, 0.6) is 0 Å². The molecule has 0 radical (unpaired) electrons. The van der Waals surface area contributed by atoms with Crippen LogP contribution in [-0.2, 0) is 9.47 Å². The number of carbonyl (C=O) groups is 1. The van der Waals surface area contributed by atoms with Crippen LogP contribution in [0, 0.1) is 5.92 Å². The van der Waals surface area contributed by atoms with Crippen molar-refractivity contribution >= 4 is 6.03 Å². The molecule has 2 rings (SSSR count). The highest BCUT2D eigenvalue weighted by Crippen LogP contribution is 2.26. The molecule has 3 atom stereocenters. The summed E-state index contributed by atoms with van der Waals surface area (Å²) in [6.07, 6.45) is 6.03. The van der Waals surface area contributed by atoms with Gasteiger partial charge in [-0.05, 0) is 18.8 Å². The fourth-order valence-electron chi connectivity index (χ4n) is 3.25. The minimum absolute atomic E-state index is 0.00856. The molecule has 1 heterocycles. The SMILES string of the molecule is CC[C@@H]1CCC[C@@H](NC(=O)N2CCO[C@H](COC)C2)C1. The van der Waals surface area contributed by atoms with Crippen LogP contribution in [0.3, 0.4) is 0 Å². The Morgan fingerprint density at radius 3 is 3.05 bits per heavy atom. The average Bonchev–Trinajstić information content (AvgIpc) is 2.48. The minimum atomic E-state index is 0.00856. The lowest BCUT2D eigenvalue weighted by Gasteiger charge is -2.35. The first-order chi connectivity index (χ1) is 9.72. The van der Waals surface area contributed by atoms with Crippen molar-refractivity contribution in [2.75, 3.05) is 33.4 Å². The van der Waals surface area contributed by atoms with Crippen LogP contribution in [0.2, 0.25) is 0 Å². The highest BCUT2D eigenvalue weighted by atomic mass is 16.5. The van der Waals surface area contributed by atoms with Gasteiger partial charge >= 0.3 is 6.03 Å². The molecule has 1 aliphatic heterocycles. The second kappa shape index (κ2) is 7.84. The molecule has 0 unspecified atom stereocenters. The number of urea groups is 1. The van der Waals surface area contributed by atoms with Gasteiger partial charge in [0.1, 0.15) is 0 Å². The molecule has 0 bridgehead atoms. The summed E-state index contributed by atoms with van der Waals surface area (Å²) in [7, 11) is 1.66. The summed E-state index contributed by atoms with van der Waals surface area (Å²) in [6, 6.07) is 0.418. The molecule has 2 aliphatic rings. The first-order valence-corrected chi connectivity index (χ1v) is 7.89. The summed E-state index contributed by atoms with van der Waals surface area (Å²) < 4.78 is 10.7. The lowest BCUT2D eigenvalue weighted by atomic mass is 9.84. The van der Waals surface area contributed by atoms with E-state index < -0.39 is 0 Å². The van der Waals surface area contributed by atoms with E-state index in [-0.39, 0.29) is 12.1 Å². The van der Waals surface area contributed by atoms with E-state index in [1.807, 2.05) is 4.90 Å². The summed E-state index contributed by atoms with van der Waals surface area (Å²) in [6.45, 7) is 4.70. The molecular weight excluding hydrogens is 256 g/mol. The summed E-state index contributed by atoms with van der Waals surface area (Å²) in [5.41, 5.74) is 0. The van der Waals surface area contributed by atoms with Gasteiger partial charge in [-0.25, -0.2) is 4.79 Å². The molecule has 5 heteroatoms. The zero-order valence-corrected chi connectivity index (χ0v) is 12.8. The molecule has 2 amide bonds. The largest absolute Gasteiger partial charge is 0.382 e. The fourth-order valence-corrected chi connectivity index (χ4v) is 3.25. The monoisotopic (exact) mass is 284 g/mol. The summed E-state index contributed by atoms with van der Waals surface area (Å²) in [4.78, 5) is 14.2. The van der Waals surface area contributed by atoms with Crippen molar-refractivity contribution in [3.8, 4) is 0 Å². The Morgan fingerprint density at radius 1 is 1.45 bits per heavy atom. The molecule has 1 N–H and O–H groups in total. The van der Waals surface area contributed by atoms with Gasteiger partial charge in [0.05, 0.1) is 25.9 Å². The van der Waals surface area contributed by atoms with Crippen LogP contribution < -0.4 is 5.32 Å². The van der Waals surface area contributed by atoms with Crippen LogP contribution in [-0.4, -0.2) is 56.5 Å². The van der Waals surface area contributed by atoms with Gasteiger partial charge in [0.2, 0.25) is 0 Å². The van der Waals surface area contributed by atoms with E-state index in [0.717, 1.165) is 18.8 Å². The number of nitrogens with one attached hydrogen (secondary N) is 1. The minimum Gasteiger partial charge on any atom is -0.382 e. The summed E-state index contributed by atoms with van der Waals surface area (Å²) >= 11 is 0. The topological polar surface area (TPSA) is 50.8 Å². The molecule has 2 fully saturated rings. The van der Waals surface area contributed by atoms with Gasteiger partial charge in [0, 0.05) is 19.7 Å². The number of carbonyl (C=O) groups excluding carboxylic acids is 1. The van der Waals surface area contributed by atoms with Crippen molar-refractivity contribution in [3.63, 3.8) is 0 Å². The van der Waals surface area contributed by atoms with Gasteiger partial charge in [0.15, 0.2) is 0 Å². The van der Waals surface area contributed by atoms with Crippen molar-refractivity contribution in [2.45, 2.75) is 51.2 Å². The van der Waals surface area contributed by atoms with Crippen LogP contribution >= 0.6 is 0 Å². The van der Waals surface area contributed by atoms with E-state index in [9.17, 15) is 4.79 Å². The smallest absolute Gasteiger partial charge is 0.317 e. The van der Waals surface area contributed by atoms with Crippen LogP contribution in [0.15, 0.2) is 0 Å². The van der Waals surface area contributed by atoms with Crippen molar-refractivity contribution < 1.29 is 14.3 Å². The van der Waals surface area contributed by atoms with E-state index in [1.165, 1.54) is 19.3 Å². The molecule has 1 aliphatic carbocycles. The molecule has 0 aromatic rings. The lowest BCUT2D eigenvalue weighted by molar-refractivity contribution is -0.0497. The van der Waals surface area contributed by atoms with E-state index in [2.05, 4.69) is 12.2 Å². The number of hydrogen-bond acceptors (Lipinski definition) is 3. The molecule has 20 heavy (non-hydrogen) atoms. The standard InChI is InChI=1S/C15H28N2O3/c1-3-12-5-4-6-13(9-12)16-15(18)17-7-8-20-14(10-17)11-19-2/h12-14H,3-11H2,1-2H3,(H,16,18)/t12-,13-,14+/m1/s1. The Bertz CT molecular complexity index is 309. The number of hydrogen-bond donors (Lipinski definition) is 1. The maximum Gasteiger partial charge on any atom is 0.317 e. The van der Waals surface area contributed by atoms with Crippen molar-refractivity contribution in [1.82, 2.24) is 10.2 Å². The number of amides is 2. The van der Waals surface area contributed by atoms with Crippen molar-refractivity contribution in [3.05, 3.63) is 0 Å². The van der Waals surface area contributed by atoms with Crippen molar-refractivity contribution in [1.29, 1.82) is 0 Å². The Hall–Kier alpha value is -0.810. The molecule has 1 saturated carbocycles. The Morgan fingerprint density at radius 2 is 2.30 bits per heavy atom. The normalized spacial score (nSPS) is 31.1. The zero-order chi connectivity index (χ0) is 14.4.